The number of nitrogens with zero attached hydrogens (tertiary/aromatic N) is 1. The molecule has 0 aliphatic heterocycles. The number of ether oxygens (including phenoxy) is 1. The molecule has 2 aromatic carbocycles. The molecule has 1 heterocycles. The zero-order valence-corrected chi connectivity index (χ0v) is 15.0. The third-order valence-electron chi connectivity index (χ3n) is 4.80. The lowest BCUT2D eigenvalue weighted by molar-refractivity contribution is -0.124. The van der Waals surface area contributed by atoms with E-state index in [1.54, 1.807) is 18.2 Å². The summed E-state index contributed by atoms with van der Waals surface area (Å²) in [6.45, 7) is 1.69. The van der Waals surface area contributed by atoms with Crippen molar-refractivity contribution in [3.63, 3.8) is 0 Å². The van der Waals surface area contributed by atoms with Crippen molar-refractivity contribution in [2.75, 3.05) is 6.61 Å². The number of benzene rings is 2. The summed E-state index contributed by atoms with van der Waals surface area (Å²) in [5.74, 6) is 0.318. The Morgan fingerprint density at radius 2 is 2.00 bits per heavy atom. The molecule has 1 atom stereocenters. The quantitative estimate of drug-likeness (QED) is 0.676. The molecule has 1 aromatic heterocycles. The third kappa shape index (κ3) is 3.84. The largest absolute Gasteiger partial charge is 0.452 e. The standard InChI is InChI=1S/C21H20N2O4/c1-13(14-7-8-14)22-19(24)12-26-21(25)16-9-10-18-17(11-16)20(27-23-18)15-5-3-2-4-6-15/h2-6,9-11,13-14H,7-8,12H2,1H3,(H,22,24)/t13-/m0/s1. The van der Waals surface area contributed by atoms with Gasteiger partial charge in [-0.05, 0) is 43.9 Å². The van der Waals surface area contributed by atoms with Crippen molar-refractivity contribution < 1.29 is 18.8 Å². The van der Waals surface area contributed by atoms with Crippen LogP contribution >= 0.6 is 0 Å². The number of aromatic nitrogens is 1. The minimum atomic E-state index is -0.550. The van der Waals surface area contributed by atoms with Crippen molar-refractivity contribution >= 4 is 22.8 Å². The first kappa shape index (κ1) is 17.3. The van der Waals surface area contributed by atoms with Gasteiger partial charge in [-0.15, -0.1) is 0 Å². The van der Waals surface area contributed by atoms with Crippen molar-refractivity contribution in [3.05, 3.63) is 54.1 Å². The van der Waals surface area contributed by atoms with Crippen LogP contribution in [-0.2, 0) is 9.53 Å². The molecule has 1 fully saturated rings. The first-order valence-corrected chi connectivity index (χ1v) is 9.03. The van der Waals surface area contributed by atoms with Crippen molar-refractivity contribution in [2.45, 2.75) is 25.8 Å². The topological polar surface area (TPSA) is 81.4 Å². The van der Waals surface area contributed by atoms with Gasteiger partial charge in [0.1, 0.15) is 5.52 Å². The molecule has 1 aliphatic rings. The van der Waals surface area contributed by atoms with Crippen molar-refractivity contribution in [1.29, 1.82) is 0 Å². The van der Waals surface area contributed by atoms with Crippen LogP contribution in [0.15, 0.2) is 53.1 Å². The molecule has 6 nitrogen and oxygen atoms in total. The van der Waals surface area contributed by atoms with Gasteiger partial charge in [0, 0.05) is 11.6 Å². The first-order valence-electron chi connectivity index (χ1n) is 9.03. The molecule has 6 heteroatoms. The van der Waals surface area contributed by atoms with E-state index in [0.717, 1.165) is 23.8 Å². The maximum absolute atomic E-state index is 12.3. The molecule has 0 bridgehead atoms. The summed E-state index contributed by atoms with van der Waals surface area (Å²) in [6, 6.07) is 14.7. The Bertz CT molecular complexity index is 976. The monoisotopic (exact) mass is 364 g/mol. The van der Waals surface area contributed by atoms with Crippen LogP contribution < -0.4 is 5.32 Å². The minimum Gasteiger partial charge on any atom is -0.452 e. The second-order valence-electron chi connectivity index (χ2n) is 6.88. The molecule has 0 spiro atoms. The van der Waals surface area contributed by atoms with Crippen LogP contribution in [0.25, 0.3) is 22.2 Å². The van der Waals surface area contributed by atoms with Crippen LogP contribution in [0.2, 0.25) is 0 Å². The Morgan fingerprint density at radius 1 is 1.22 bits per heavy atom. The Balaban J connectivity index is 1.46. The average molecular weight is 364 g/mol. The van der Waals surface area contributed by atoms with E-state index < -0.39 is 5.97 Å². The van der Waals surface area contributed by atoms with Crippen LogP contribution in [0.3, 0.4) is 0 Å². The maximum atomic E-state index is 12.3. The van der Waals surface area contributed by atoms with E-state index in [9.17, 15) is 9.59 Å². The Labute approximate surface area is 156 Å². The van der Waals surface area contributed by atoms with E-state index in [2.05, 4.69) is 10.5 Å². The number of carbonyl (C=O) groups excluding carboxylic acids is 2. The highest BCUT2D eigenvalue weighted by molar-refractivity contribution is 5.99. The molecule has 0 radical (unpaired) electrons. The van der Waals surface area contributed by atoms with E-state index in [4.69, 9.17) is 9.26 Å². The zero-order valence-electron chi connectivity index (χ0n) is 15.0. The molecule has 0 saturated heterocycles. The number of hydrogen-bond acceptors (Lipinski definition) is 5. The molecule has 1 aliphatic carbocycles. The number of fused-ring (bicyclic) bond motifs is 1. The van der Waals surface area contributed by atoms with E-state index in [0.29, 0.717) is 22.8 Å². The van der Waals surface area contributed by atoms with Gasteiger partial charge in [0.2, 0.25) is 0 Å². The maximum Gasteiger partial charge on any atom is 0.338 e. The van der Waals surface area contributed by atoms with Crippen molar-refractivity contribution in [2.24, 2.45) is 5.92 Å². The van der Waals surface area contributed by atoms with Gasteiger partial charge < -0.3 is 14.6 Å². The highest BCUT2D eigenvalue weighted by Gasteiger charge is 2.29. The summed E-state index contributed by atoms with van der Waals surface area (Å²) in [5.41, 5.74) is 1.88. The van der Waals surface area contributed by atoms with Gasteiger partial charge in [0.15, 0.2) is 12.4 Å². The highest BCUT2D eigenvalue weighted by Crippen LogP contribution is 2.32. The third-order valence-corrected chi connectivity index (χ3v) is 4.80. The fraction of sp³-hybridized carbons (Fsp3) is 0.286. The van der Waals surface area contributed by atoms with Crippen LogP contribution in [0.1, 0.15) is 30.1 Å². The van der Waals surface area contributed by atoms with Gasteiger partial charge in [-0.1, -0.05) is 35.5 Å². The molecule has 3 aromatic rings. The molecule has 4 rings (SSSR count). The van der Waals surface area contributed by atoms with Gasteiger partial charge in [-0.3, -0.25) is 4.79 Å². The normalized spacial score (nSPS) is 14.7. The molecule has 1 saturated carbocycles. The van der Waals surface area contributed by atoms with Crippen molar-refractivity contribution in [1.82, 2.24) is 10.5 Å². The Hall–Kier alpha value is -3.15. The van der Waals surface area contributed by atoms with Crippen LogP contribution in [0.4, 0.5) is 0 Å². The lowest BCUT2D eigenvalue weighted by atomic mass is 10.1. The second-order valence-corrected chi connectivity index (χ2v) is 6.88. The first-order chi connectivity index (χ1) is 13.1. The van der Waals surface area contributed by atoms with Crippen LogP contribution in [0.5, 0.6) is 0 Å². The smallest absolute Gasteiger partial charge is 0.338 e. The van der Waals surface area contributed by atoms with Gasteiger partial charge in [0.25, 0.3) is 5.91 Å². The zero-order chi connectivity index (χ0) is 18.8. The van der Waals surface area contributed by atoms with Crippen molar-refractivity contribution in [3.8, 4) is 11.3 Å². The molecular formula is C21H20N2O4. The van der Waals surface area contributed by atoms with E-state index in [-0.39, 0.29) is 18.6 Å². The molecule has 1 N–H and O–H groups in total. The number of carbonyl (C=O) groups is 2. The summed E-state index contributed by atoms with van der Waals surface area (Å²) >= 11 is 0. The van der Waals surface area contributed by atoms with E-state index >= 15 is 0 Å². The summed E-state index contributed by atoms with van der Waals surface area (Å²) in [7, 11) is 0. The minimum absolute atomic E-state index is 0.123. The predicted octanol–water partition coefficient (Wildman–Crippen LogP) is 3.57. The van der Waals surface area contributed by atoms with Gasteiger partial charge in [0.05, 0.1) is 10.9 Å². The molecule has 27 heavy (non-hydrogen) atoms. The Kier molecular flexibility index (Phi) is 4.62. The van der Waals surface area contributed by atoms with Gasteiger partial charge in [-0.2, -0.15) is 0 Å². The summed E-state index contributed by atoms with van der Waals surface area (Å²) < 4.78 is 10.6. The summed E-state index contributed by atoms with van der Waals surface area (Å²) in [6.07, 6.45) is 2.29. The van der Waals surface area contributed by atoms with Gasteiger partial charge >= 0.3 is 5.97 Å². The van der Waals surface area contributed by atoms with Crippen LogP contribution in [0, 0.1) is 5.92 Å². The second kappa shape index (κ2) is 7.23. The lowest BCUT2D eigenvalue weighted by Crippen LogP contribution is -2.37. The number of esters is 1. The SMILES string of the molecule is C[C@H](NC(=O)COC(=O)c1ccc2noc(-c3ccccc3)c2c1)C1CC1. The predicted molar refractivity (Wildman–Crippen MR) is 100 cm³/mol. The number of amides is 1. The molecular weight excluding hydrogens is 344 g/mol. The van der Waals surface area contributed by atoms with Gasteiger partial charge in [-0.25, -0.2) is 4.79 Å². The molecule has 0 unspecified atom stereocenters. The number of rotatable bonds is 6. The number of hydrogen-bond donors (Lipinski definition) is 1. The molecule has 1 amide bonds. The Morgan fingerprint density at radius 3 is 2.74 bits per heavy atom. The molecule has 138 valence electrons. The number of nitrogens with one attached hydrogen (secondary N) is 1. The summed E-state index contributed by atoms with van der Waals surface area (Å²) in [4.78, 5) is 24.3. The van der Waals surface area contributed by atoms with E-state index in [1.165, 1.54) is 0 Å². The van der Waals surface area contributed by atoms with E-state index in [1.807, 2.05) is 37.3 Å². The van der Waals surface area contributed by atoms with Crippen LogP contribution in [-0.4, -0.2) is 29.7 Å². The fourth-order valence-corrected chi connectivity index (χ4v) is 3.09. The fourth-order valence-electron chi connectivity index (χ4n) is 3.09. The average Bonchev–Trinajstić information content (AvgIpc) is 3.46. The lowest BCUT2D eigenvalue weighted by Gasteiger charge is -2.12. The highest BCUT2D eigenvalue weighted by atomic mass is 16.5. The summed E-state index contributed by atoms with van der Waals surface area (Å²) in [5, 5.41) is 7.62.